The van der Waals surface area contributed by atoms with Crippen molar-refractivity contribution >= 4 is 22.9 Å². The quantitative estimate of drug-likeness (QED) is 0.874. The van der Waals surface area contributed by atoms with Crippen LogP contribution in [0.5, 0.6) is 5.75 Å². The first-order chi connectivity index (χ1) is 10.2. The van der Waals surface area contributed by atoms with Crippen LogP contribution < -0.4 is 10.1 Å². The van der Waals surface area contributed by atoms with Gasteiger partial charge in [-0.15, -0.1) is 11.3 Å². The molecule has 21 heavy (non-hydrogen) atoms. The van der Waals surface area contributed by atoms with Crippen LogP contribution in [0.25, 0.3) is 0 Å². The maximum atomic E-state index is 6.15. The zero-order chi connectivity index (χ0) is 14.8. The summed E-state index contributed by atoms with van der Waals surface area (Å²) < 4.78 is 5.36. The fourth-order valence-electron chi connectivity index (χ4n) is 3.34. The molecule has 1 aliphatic carbocycles. The molecule has 0 saturated heterocycles. The molecule has 2 atom stereocenters. The first-order valence-corrected chi connectivity index (χ1v) is 8.57. The molecule has 2 nitrogen and oxygen atoms in total. The number of aryl methyl sites for hydroxylation is 1. The van der Waals surface area contributed by atoms with Crippen LogP contribution in [0.4, 0.5) is 0 Å². The number of likely N-dealkylation sites (N-methyl/N-ethyl adjacent to an activating group) is 1. The van der Waals surface area contributed by atoms with Gasteiger partial charge in [-0.3, -0.25) is 0 Å². The smallest absolute Gasteiger partial charge is 0.137 e. The number of benzene rings is 1. The zero-order valence-corrected chi connectivity index (χ0v) is 13.9. The first-order valence-electron chi connectivity index (χ1n) is 7.31. The molecule has 1 aromatic carbocycles. The second-order valence-electron chi connectivity index (χ2n) is 5.46. The predicted molar refractivity (Wildman–Crippen MR) is 89.8 cm³/mol. The van der Waals surface area contributed by atoms with E-state index in [0.717, 1.165) is 5.75 Å². The van der Waals surface area contributed by atoms with Gasteiger partial charge in [0.1, 0.15) is 5.75 Å². The summed E-state index contributed by atoms with van der Waals surface area (Å²) in [5, 5.41) is 6.38. The van der Waals surface area contributed by atoms with Gasteiger partial charge < -0.3 is 10.1 Å². The Morgan fingerprint density at radius 2 is 2.24 bits per heavy atom. The van der Waals surface area contributed by atoms with E-state index in [9.17, 15) is 0 Å². The Morgan fingerprint density at radius 3 is 3.00 bits per heavy atom. The van der Waals surface area contributed by atoms with Crippen molar-refractivity contribution in [1.29, 1.82) is 0 Å². The zero-order valence-electron chi connectivity index (χ0n) is 12.4. The molecule has 0 saturated carbocycles. The number of thiophene rings is 1. The van der Waals surface area contributed by atoms with Crippen LogP contribution in [0.3, 0.4) is 0 Å². The number of rotatable bonds is 4. The minimum atomic E-state index is 0.296. The summed E-state index contributed by atoms with van der Waals surface area (Å²) in [6, 6.07) is 8.68. The maximum Gasteiger partial charge on any atom is 0.137 e. The van der Waals surface area contributed by atoms with Gasteiger partial charge in [0.2, 0.25) is 0 Å². The highest BCUT2D eigenvalue weighted by molar-refractivity contribution is 7.10. The van der Waals surface area contributed by atoms with Crippen molar-refractivity contribution < 1.29 is 4.74 Å². The Bertz CT molecular complexity index is 625. The Labute approximate surface area is 135 Å². The van der Waals surface area contributed by atoms with Crippen molar-refractivity contribution in [3.63, 3.8) is 0 Å². The highest BCUT2D eigenvalue weighted by atomic mass is 35.5. The molecule has 1 N–H and O–H groups in total. The topological polar surface area (TPSA) is 21.3 Å². The van der Waals surface area contributed by atoms with Crippen LogP contribution in [0.1, 0.15) is 40.8 Å². The summed E-state index contributed by atoms with van der Waals surface area (Å²) in [7, 11) is 3.70. The highest BCUT2D eigenvalue weighted by Crippen LogP contribution is 2.43. The molecule has 3 rings (SSSR count). The van der Waals surface area contributed by atoms with E-state index in [0.29, 0.717) is 17.0 Å². The van der Waals surface area contributed by atoms with Gasteiger partial charge in [0, 0.05) is 16.8 Å². The van der Waals surface area contributed by atoms with Gasteiger partial charge in [-0.05, 0) is 61.0 Å². The highest BCUT2D eigenvalue weighted by Gasteiger charge is 2.29. The predicted octanol–water partition coefficient (Wildman–Crippen LogP) is 4.79. The SMILES string of the molecule is CNC(c1ccc(Cl)c(OC)c1)C1CCCc2sccc21. The fourth-order valence-corrected chi connectivity index (χ4v) is 4.53. The van der Waals surface area contributed by atoms with Gasteiger partial charge >= 0.3 is 0 Å². The van der Waals surface area contributed by atoms with Crippen molar-refractivity contribution in [3.8, 4) is 5.75 Å². The average Bonchev–Trinajstić information content (AvgIpc) is 2.99. The fraction of sp³-hybridized carbons (Fsp3) is 0.412. The van der Waals surface area contributed by atoms with E-state index >= 15 is 0 Å². The van der Waals surface area contributed by atoms with Gasteiger partial charge in [-0.1, -0.05) is 17.7 Å². The van der Waals surface area contributed by atoms with Gasteiger partial charge in [-0.2, -0.15) is 0 Å². The van der Waals surface area contributed by atoms with Crippen LogP contribution in [-0.4, -0.2) is 14.2 Å². The molecule has 0 bridgehead atoms. The summed E-state index contributed by atoms with van der Waals surface area (Å²) in [6.07, 6.45) is 3.71. The van der Waals surface area contributed by atoms with Gasteiger partial charge in [-0.25, -0.2) is 0 Å². The number of ether oxygens (including phenoxy) is 1. The minimum Gasteiger partial charge on any atom is -0.495 e. The summed E-state index contributed by atoms with van der Waals surface area (Å²) >= 11 is 8.04. The van der Waals surface area contributed by atoms with E-state index < -0.39 is 0 Å². The molecule has 0 radical (unpaired) electrons. The van der Waals surface area contributed by atoms with Crippen LogP contribution in [0.15, 0.2) is 29.6 Å². The van der Waals surface area contributed by atoms with Gasteiger partial charge in [0.05, 0.1) is 12.1 Å². The summed E-state index contributed by atoms with van der Waals surface area (Å²) in [5.41, 5.74) is 2.75. The van der Waals surface area contributed by atoms with Crippen LogP contribution in [-0.2, 0) is 6.42 Å². The summed E-state index contributed by atoms with van der Waals surface area (Å²) in [6.45, 7) is 0. The van der Waals surface area contributed by atoms with Gasteiger partial charge in [0.15, 0.2) is 0 Å². The van der Waals surface area contributed by atoms with E-state index in [1.54, 1.807) is 12.0 Å². The lowest BCUT2D eigenvalue weighted by atomic mass is 9.80. The van der Waals surface area contributed by atoms with E-state index in [1.165, 1.54) is 30.4 Å². The number of fused-ring (bicyclic) bond motifs is 1. The minimum absolute atomic E-state index is 0.296. The van der Waals surface area contributed by atoms with Crippen molar-refractivity contribution in [1.82, 2.24) is 5.32 Å². The molecule has 4 heteroatoms. The Hall–Kier alpha value is -1.03. The summed E-state index contributed by atoms with van der Waals surface area (Å²) in [4.78, 5) is 1.55. The first kappa shape index (κ1) is 14.9. The molecular weight excluding hydrogens is 302 g/mol. The number of methoxy groups -OCH3 is 1. The Kier molecular flexibility index (Phi) is 4.53. The molecule has 2 unspecified atom stereocenters. The molecule has 0 aliphatic heterocycles. The number of hydrogen-bond donors (Lipinski definition) is 1. The molecular formula is C17H20ClNOS. The standard InChI is InChI=1S/C17H20ClNOS/c1-19-17(11-6-7-14(18)15(10-11)20-2)13-4-3-5-16-12(13)8-9-21-16/h6-10,13,17,19H,3-5H2,1-2H3. The lowest BCUT2D eigenvalue weighted by Crippen LogP contribution is -2.26. The molecule has 112 valence electrons. The molecule has 0 spiro atoms. The maximum absolute atomic E-state index is 6.15. The van der Waals surface area contributed by atoms with Crippen molar-refractivity contribution in [3.05, 3.63) is 50.7 Å². The van der Waals surface area contributed by atoms with Crippen LogP contribution >= 0.6 is 22.9 Å². The third-order valence-electron chi connectivity index (χ3n) is 4.35. The summed E-state index contributed by atoms with van der Waals surface area (Å²) in [5.74, 6) is 1.27. The third-order valence-corrected chi connectivity index (χ3v) is 5.65. The van der Waals surface area contributed by atoms with E-state index in [4.69, 9.17) is 16.3 Å². The molecule has 0 fully saturated rings. The second kappa shape index (κ2) is 6.39. The number of halogens is 1. The Morgan fingerprint density at radius 1 is 1.38 bits per heavy atom. The monoisotopic (exact) mass is 321 g/mol. The third kappa shape index (κ3) is 2.83. The lowest BCUT2D eigenvalue weighted by Gasteiger charge is -2.31. The number of nitrogens with one attached hydrogen (secondary N) is 1. The molecule has 0 amide bonds. The van der Waals surface area contributed by atoms with Gasteiger partial charge in [0.25, 0.3) is 0 Å². The lowest BCUT2D eigenvalue weighted by molar-refractivity contribution is 0.406. The number of hydrogen-bond acceptors (Lipinski definition) is 3. The largest absolute Gasteiger partial charge is 0.495 e. The Balaban J connectivity index is 1.96. The van der Waals surface area contributed by atoms with Crippen molar-refractivity contribution in [2.45, 2.75) is 31.2 Å². The van der Waals surface area contributed by atoms with E-state index in [1.807, 2.05) is 24.5 Å². The normalized spacial score (nSPS) is 19.1. The van der Waals surface area contributed by atoms with E-state index in [2.05, 4.69) is 28.9 Å². The molecule has 1 aliphatic rings. The average molecular weight is 322 g/mol. The second-order valence-corrected chi connectivity index (χ2v) is 6.87. The van der Waals surface area contributed by atoms with Crippen LogP contribution in [0.2, 0.25) is 5.02 Å². The molecule has 1 heterocycles. The van der Waals surface area contributed by atoms with Crippen molar-refractivity contribution in [2.24, 2.45) is 0 Å². The molecule has 2 aromatic rings. The van der Waals surface area contributed by atoms with Crippen molar-refractivity contribution in [2.75, 3.05) is 14.2 Å². The molecule has 1 aromatic heterocycles. The van der Waals surface area contributed by atoms with Crippen LogP contribution in [0, 0.1) is 0 Å². The van der Waals surface area contributed by atoms with E-state index in [-0.39, 0.29) is 0 Å².